The fourth-order valence-electron chi connectivity index (χ4n) is 2.12. The molecule has 110 valence electrons. The first kappa shape index (κ1) is 14.7. The third kappa shape index (κ3) is 3.45. The van der Waals surface area contributed by atoms with Gasteiger partial charge in [0.1, 0.15) is 5.82 Å². The lowest BCUT2D eigenvalue weighted by Gasteiger charge is -2.35. The van der Waals surface area contributed by atoms with E-state index < -0.39 is 21.7 Å². The van der Waals surface area contributed by atoms with Crippen molar-refractivity contribution in [3.8, 4) is 0 Å². The van der Waals surface area contributed by atoms with Crippen molar-refractivity contribution >= 4 is 21.7 Å². The first-order valence-electron chi connectivity index (χ1n) is 6.08. The Morgan fingerprint density at radius 1 is 1.15 bits per heavy atom. The third-order valence-electron chi connectivity index (χ3n) is 3.13. The summed E-state index contributed by atoms with van der Waals surface area (Å²) >= 11 is 0. The summed E-state index contributed by atoms with van der Waals surface area (Å²) in [6, 6.07) is 5.97. The molecule has 2 rings (SSSR count). The minimum Gasteiger partial charge on any atom is -0.480 e. The zero-order chi connectivity index (χ0) is 14.8. The minimum atomic E-state index is -3.75. The van der Waals surface area contributed by atoms with Crippen molar-refractivity contribution in [2.45, 2.75) is 0 Å². The van der Waals surface area contributed by atoms with E-state index >= 15 is 0 Å². The van der Waals surface area contributed by atoms with Gasteiger partial charge in [0.2, 0.25) is 10.0 Å². The van der Waals surface area contributed by atoms with Gasteiger partial charge in [0, 0.05) is 31.9 Å². The lowest BCUT2D eigenvalue weighted by atomic mass is 10.2. The highest BCUT2D eigenvalue weighted by atomic mass is 32.2. The van der Waals surface area contributed by atoms with Crippen LogP contribution in [0, 0.1) is 5.82 Å². The Labute approximate surface area is 116 Å². The van der Waals surface area contributed by atoms with Crippen LogP contribution < -0.4 is 4.90 Å². The van der Waals surface area contributed by atoms with E-state index in [1.54, 1.807) is 12.1 Å². The number of nitrogens with zero attached hydrogens (tertiary/aromatic N) is 2. The number of sulfonamides is 1. The molecule has 1 fully saturated rings. The molecule has 0 aliphatic carbocycles. The molecule has 8 heteroatoms. The SMILES string of the molecule is O=C(O)CS(=O)(=O)N1CCN(c2ccc(F)cc2)CC1. The van der Waals surface area contributed by atoms with E-state index in [1.807, 2.05) is 4.90 Å². The molecule has 1 aromatic carbocycles. The molecule has 1 N–H and O–H groups in total. The standard InChI is InChI=1S/C12H15FN2O4S/c13-10-1-3-11(4-2-10)14-5-7-15(8-6-14)20(18,19)9-12(16)17/h1-4H,5-9H2,(H,16,17). The van der Waals surface area contributed by atoms with E-state index in [0.717, 1.165) is 5.69 Å². The first-order chi connectivity index (χ1) is 9.38. The van der Waals surface area contributed by atoms with E-state index in [0.29, 0.717) is 13.1 Å². The van der Waals surface area contributed by atoms with Crippen molar-refractivity contribution < 1.29 is 22.7 Å². The zero-order valence-electron chi connectivity index (χ0n) is 10.7. The van der Waals surface area contributed by atoms with Crippen LogP contribution in [-0.4, -0.2) is 55.7 Å². The lowest BCUT2D eigenvalue weighted by Crippen LogP contribution is -2.49. The summed E-state index contributed by atoms with van der Waals surface area (Å²) in [5, 5.41) is 8.58. The molecule has 1 aliphatic rings. The van der Waals surface area contributed by atoms with Gasteiger partial charge in [-0.3, -0.25) is 4.79 Å². The van der Waals surface area contributed by atoms with Gasteiger partial charge in [0.15, 0.2) is 5.75 Å². The van der Waals surface area contributed by atoms with Gasteiger partial charge in [-0.15, -0.1) is 0 Å². The van der Waals surface area contributed by atoms with E-state index in [9.17, 15) is 17.6 Å². The fourth-order valence-corrected chi connectivity index (χ4v) is 3.34. The molecule has 20 heavy (non-hydrogen) atoms. The molecular formula is C12H15FN2O4S. The van der Waals surface area contributed by atoms with Gasteiger partial charge in [-0.2, -0.15) is 4.31 Å². The van der Waals surface area contributed by atoms with E-state index in [2.05, 4.69) is 0 Å². The monoisotopic (exact) mass is 302 g/mol. The molecule has 0 spiro atoms. The number of halogens is 1. The molecule has 0 saturated carbocycles. The quantitative estimate of drug-likeness (QED) is 0.869. The molecule has 6 nitrogen and oxygen atoms in total. The second-order valence-electron chi connectivity index (χ2n) is 4.51. The highest BCUT2D eigenvalue weighted by Crippen LogP contribution is 2.18. The van der Waals surface area contributed by atoms with Crippen molar-refractivity contribution in [3.05, 3.63) is 30.1 Å². The number of carboxylic acid groups (broad SMARTS) is 1. The van der Waals surface area contributed by atoms with Gasteiger partial charge in [-0.05, 0) is 24.3 Å². The van der Waals surface area contributed by atoms with Crippen molar-refractivity contribution in [2.24, 2.45) is 0 Å². The summed E-state index contributed by atoms with van der Waals surface area (Å²) in [6.07, 6.45) is 0. The molecule has 1 aliphatic heterocycles. The summed E-state index contributed by atoms with van der Waals surface area (Å²) < 4.78 is 37.5. The molecule has 0 radical (unpaired) electrons. The van der Waals surface area contributed by atoms with Crippen molar-refractivity contribution in [1.29, 1.82) is 0 Å². The highest BCUT2D eigenvalue weighted by Gasteiger charge is 2.28. The van der Waals surface area contributed by atoms with E-state index in [-0.39, 0.29) is 18.9 Å². The number of carbonyl (C=O) groups is 1. The van der Waals surface area contributed by atoms with Crippen LogP contribution in [0.2, 0.25) is 0 Å². The summed E-state index contributed by atoms with van der Waals surface area (Å²) in [6.45, 7) is 1.36. The molecule has 0 amide bonds. The predicted molar refractivity (Wildman–Crippen MR) is 71.6 cm³/mol. The van der Waals surface area contributed by atoms with Gasteiger partial charge < -0.3 is 10.0 Å². The highest BCUT2D eigenvalue weighted by molar-refractivity contribution is 7.89. The largest absolute Gasteiger partial charge is 0.480 e. The third-order valence-corrected chi connectivity index (χ3v) is 4.89. The van der Waals surface area contributed by atoms with Gasteiger partial charge in [-0.1, -0.05) is 0 Å². The maximum atomic E-state index is 12.8. The first-order valence-corrected chi connectivity index (χ1v) is 7.69. The molecular weight excluding hydrogens is 287 g/mol. The van der Waals surface area contributed by atoms with Crippen molar-refractivity contribution in [3.63, 3.8) is 0 Å². The Kier molecular flexibility index (Phi) is 4.24. The number of benzene rings is 1. The lowest BCUT2D eigenvalue weighted by molar-refractivity contribution is -0.134. The number of hydrogen-bond donors (Lipinski definition) is 1. The predicted octanol–water partition coefficient (Wildman–Crippen LogP) is 0.362. The number of anilines is 1. The summed E-state index contributed by atoms with van der Waals surface area (Å²) in [4.78, 5) is 12.5. The maximum absolute atomic E-state index is 12.8. The van der Waals surface area contributed by atoms with Gasteiger partial charge in [0.05, 0.1) is 0 Å². The van der Waals surface area contributed by atoms with Gasteiger partial charge >= 0.3 is 5.97 Å². The zero-order valence-corrected chi connectivity index (χ0v) is 11.5. The number of hydrogen-bond acceptors (Lipinski definition) is 4. The Morgan fingerprint density at radius 2 is 1.70 bits per heavy atom. The van der Waals surface area contributed by atoms with Crippen LogP contribution in [0.15, 0.2) is 24.3 Å². The molecule has 0 unspecified atom stereocenters. The van der Waals surface area contributed by atoms with Crippen LogP contribution in [0.25, 0.3) is 0 Å². The normalized spacial score (nSPS) is 17.1. The number of aliphatic carboxylic acids is 1. The van der Waals surface area contributed by atoms with Crippen LogP contribution in [0.1, 0.15) is 0 Å². The topological polar surface area (TPSA) is 77.9 Å². The fraction of sp³-hybridized carbons (Fsp3) is 0.417. The molecule has 1 aromatic rings. The van der Waals surface area contributed by atoms with Crippen molar-refractivity contribution in [2.75, 3.05) is 36.8 Å². The molecule has 0 aromatic heterocycles. The van der Waals surface area contributed by atoms with Crippen LogP contribution >= 0.6 is 0 Å². The van der Waals surface area contributed by atoms with Crippen LogP contribution in [-0.2, 0) is 14.8 Å². The average molecular weight is 302 g/mol. The average Bonchev–Trinajstić information content (AvgIpc) is 2.38. The second-order valence-corrected chi connectivity index (χ2v) is 6.48. The van der Waals surface area contributed by atoms with E-state index in [4.69, 9.17) is 5.11 Å². The minimum absolute atomic E-state index is 0.229. The summed E-state index contributed by atoms with van der Waals surface area (Å²) in [5.74, 6) is -2.56. The van der Waals surface area contributed by atoms with Crippen LogP contribution in [0.3, 0.4) is 0 Å². The van der Waals surface area contributed by atoms with Gasteiger partial charge in [-0.25, -0.2) is 12.8 Å². The molecule has 1 heterocycles. The van der Waals surface area contributed by atoms with Crippen LogP contribution in [0.5, 0.6) is 0 Å². The Bertz CT molecular complexity index is 580. The molecule has 0 atom stereocenters. The summed E-state index contributed by atoms with van der Waals surface area (Å²) in [7, 11) is -3.75. The molecule has 0 bridgehead atoms. The Morgan fingerprint density at radius 3 is 2.20 bits per heavy atom. The Hall–Kier alpha value is -1.67. The number of rotatable bonds is 4. The summed E-state index contributed by atoms with van der Waals surface area (Å²) in [5.41, 5.74) is 0.821. The number of carboxylic acids is 1. The van der Waals surface area contributed by atoms with Crippen LogP contribution in [0.4, 0.5) is 10.1 Å². The number of piperazine rings is 1. The smallest absolute Gasteiger partial charge is 0.320 e. The van der Waals surface area contributed by atoms with Gasteiger partial charge in [0.25, 0.3) is 0 Å². The van der Waals surface area contributed by atoms with E-state index in [1.165, 1.54) is 16.4 Å². The second kappa shape index (κ2) is 5.76. The maximum Gasteiger partial charge on any atom is 0.320 e. The molecule has 1 saturated heterocycles. The van der Waals surface area contributed by atoms with Crippen molar-refractivity contribution in [1.82, 2.24) is 4.31 Å². The Balaban J connectivity index is 1.99.